The van der Waals surface area contributed by atoms with Crippen LogP contribution < -0.4 is 5.32 Å². The summed E-state index contributed by atoms with van der Waals surface area (Å²) < 4.78 is 26.5. The maximum absolute atomic E-state index is 13.2. The Kier molecular flexibility index (Phi) is 4.42. The third kappa shape index (κ3) is 3.35. The molecule has 0 aromatic heterocycles. The lowest BCUT2D eigenvalue weighted by Gasteiger charge is -2.37. The van der Waals surface area contributed by atoms with Crippen LogP contribution in [-0.2, 0) is 14.4 Å². The van der Waals surface area contributed by atoms with Gasteiger partial charge in [-0.05, 0) is 16.7 Å². The summed E-state index contributed by atoms with van der Waals surface area (Å²) in [7, 11) is 0. The van der Waals surface area contributed by atoms with Crippen molar-refractivity contribution in [1.82, 2.24) is 10.2 Å². The average molecular weight is 360 g/mol. The van der Waals surface area contributed by atoms with Gasteiger partial charge in [0.15, 0.2) is 0 Å². The van der Waals surface area contributed by atoms with Gasteiger partial charge in [-0.2, -0.15) is 8.78 Å². The van der Waals surface area contributed by atoms with E-state index in [1.165, 1.54) is 4.90 Å². The van der Waals surface area contributed by atoms with E-state index < -0.39 is 41.2 Å². The van der Waals surface area contributed by atoms with Crippen molar-refractivity contribution >= 4 is 17.8 Å². The van der Waals surface area contributed by atoms with E-state index in [2.05, 4.69) is 5.32 Å². The molecule has 8 heteroatoms. The number of carboxylic acid groups (broad SMARTS) is 1. The van der Waals surface area contributed by atoms with Crippen molar-refractivity contribution in [3.63, 3.8) is 0 Å². The SMILES string of the molecule is CC(F)(F)C(=O)NC(C(=O)N1C[C@H]2[C@@H]([C@H]1C(=O)O)C2(C)C)C(C)(C)C. The van der Waals surface area contributed by atoms with Gasteiger partial charge in [0.2, 0.25) is 5.91 Å². The lowest BCUT2D eigenvalue weighted by molar-refractivity contribution is -0.155. The molecule has 142 valence electrons. The average Bonchev–Trinajstić information content (AvgIpc) is 2.82. The van der Waals surface area contributed by atoms with E-state index >= 15 is 0 Å². The van der Waals surface area contributed by atoms with Gasteiger partial charge in [0.1, 0.15) is 12.1 Å². The van der Waals surface area contributed by atoms with Crippen molar-refractivity contribution in [3.8, 4) is 0 Å². The van der Waals surface area contributed by atoms with Crippen LogP contribution in [0.15, 0.2) is 0 Å². The molecule has 4 atom stereocenters. The van der Waals surface area contributed by atoms with Crippen molar-refractivity contribution in [2.24, 2.45) is 22.7 Å². The number of nitrogens with zero attached hydrogens (tertiary/aromatic N) is 1. The minimum Gasteiger partial charge on any atom is -0.480 e. The minimum absolute atomic E-state index is 0.0708. The van der Waals surface area contributed by atoms with Crippen LogP contribution in [-0.4, -0.2) is 52.3 Å². The number of carbonyl (C=O) groups is 3. The first-order valence-corrected chi connectivity index (χ1v) is 8.32. The normalized spacial score (nSPS) is 29.0. The molecule has 0 bridgehead atoms. The zero-order valence-corrected chi connectivity index (χ0v) is 15.4. The zero-order valence-electron chi connectivity index (χ0n) is 15.4. The molecule has 1 saturated heterocycles. The van der Waals surface area contributed by atoms with E-state index in [0.717, 1.165) is 0 Å². The van der Waals surface area contributed by atoms with Crippen molar-refractivity contribution in [2.45, 2.75) is 59.5 Å². The Morgan fingerprint density at radius 2 is 1.72 bits per heavy atom. The topological polar surface area (TPSA) is 86.7 Å². The molecule has 2 fully saturated rings. The van der Waals surface area contributed by atoms with E-state index in [4.69, 9.17) is 0 Å². The van der Waals surface area contributed by atoms with E-state index in [9.17, 15) is 28.3 Å². The Balaban J connectivity index is 2.26. The Morgan fingerprint density at radius 1 is 1.20 bits per heavy atom. The second-order valence-corrected chi connectivity index (χ2v) is 8.89. The molecule has 2 N–H and O–H groups in total. The molecule has 1 heterocycles. The smallest absolute Gasteiger partial charge is 0.326 e. The first-order chi connectivity index (χ1) is 11.1. The highest BCUT2D eigenvalue weighted by molar-refractivity contribution is 5.93. The van der Waals surface area contributed by atoms with Crippen molar-refractivity contribution in [1.29, 1.82) is 0 Å². The number of hydrogen-bond acceptors (Lipinski definition) is 3. The summed E-state index contributed by atoms with van der Waals surface area (Å²) in [5.74, 6) is -6.98. The van der Waals surface area contributed by atoms with E-state index in [1.807, 2.05) is 13.8 Å². The Hall–Kier alpha value is -1.73. The predicted molar refractivity (Wildman–Crippen MR) is 85.9 cm³/mol. The number of fused-ring (bicyclic) bond motifs is 1. The van der Waals surface area contributed by atoms with Crippen LogP contribution in [0, 0.1) is 22.7 Å². The number of carboxylic acids is 1. The summed E-state index contributed by atoms with van der Waals surface area (Å²) in [6.45, 7) is 9.56. The van der Waals surface area contributed by atoms with Crippen LogP contribution in [0.5, 0.6) is 0 Å². The molecular formula is C17H26F2N2O4. The van der Waals surface area contributed by atoms with Gasteiger partial charge in [0.25, 0.3) is 5.91 Å². The van der Waals surface area contributed by atoms with E-state index in [0.29, 0.717) is 6.92 Å². The predicted octanol–water partition coefficient (Wildman–Crippen LogP) is 1.74. The summed E-state index contributed by atoms with van der Waals surface area (Å²) in [6, 6.07) is -2.22. The fourth-order valence-electron chi connectivity index (χ4n) is 3.87. The second-order valence-electron chi connectivity index (χ2n) is 8.89. The number of likely N-dealkylation sites (tertiary alicyclic amines) is 1. The van der Waals surface area contributed by atoms with Gasteiger partial charge in [-0.1, -0.05) is 34.6 Å². The number of alkyl halides is 2. The van der Waals surface area contributed by atoms with Gasteiger partial charge >= 0.3 is 11.9 Å². The molecule has 0 aromatic carbocycles. The first-order valence-electron chi connectivity index (χ1n) is 8.32. The number of halogens is 2. The molecule has 1 aliphatic carbocycles. The summed E-state index contributed by atoms with van der Waals surface area (Å²) in [5.41, 5.74) is -1.000. The number of amides is 2. The summed E-state index contributed by atoms with van der Waals surface area (Å²) in [6.07, 6.45) is 0. The van der Waals surface area contributed by atoms with Crippen LogP contribution in [0.3, 0.4) is 0 Å². The number of aliphatic carboxylic acids is 1. The number of carbonyl (C=O) groups excluding carboxylic acids is 2. The number of hydrogen-bond donors (Lipinski definition) is 2. The standard InChI is InChI=1S/C17H26F2N2O4/c1-15(2,3)11(20-14(25)17(6,18)19)12(22)21-7-8-9(16(8,4)5)10(21)13(23)24/h8-11H,7H2,1-6H3,(H,20,25)(H,23,24)/t8-,9-,10-,11?/m0/s1. The fourth-order valence-corrected chi connectivity index (χ4v) is 3.87. The Labute approximate surface area is 145 Å². The number of rotatable bonds is 4. The molecule has 0 radical (unpaired) electrons. The molecular weight excluding hydrogens is 334 g/mol. The maximum Gasteiger partial charge on any atom is 0.326 e. The Bertz CT molecular complexity index is 607. The summed E-state index contributed by atoms with van der Waals surface area (Å²) >= 11 is 0. The highest BCUT2D eigenvalue weighted by Crippen LogP contribution is 2.65. The van der Waals surface area contributed by atoms with Gasteiger partial charge in [-0.15, -0.1) is 0 Å². The molecule has 1 aliphatic heterocycles. The largest absolute Gasteiger partial charge is 0.480 e. The van der Waals surface area contributed by atoms with Crippen LogP contribution in [0.2, 0.25) is 0 Å². The number of nitrogens with one attached hydrogen (secondary N) is 1. The van der Waals surface area contributed by atoms with Crippen LogP contribution in [0.4, 0.5) is 8.78 Å². The molecule has 1 unspecified atom stereocenters. The van der Waals surface area contributed by atoms with Crippen molar-refractivity contribution in [3.05, 3.63) is 0 Å². The molecule has 1 saturated carbocycles. The highest BCUT2D eigenvalue weighted by Gasteiger charge is 2.70. The van der Waals surface area contributed by atoms with Crippen LogP contribution >= 0.6 is 0 Å². The Morgan fingerprint density at radius 3 is 2.12 bits per heavy atom. The third-order valence-electron chi connectivity index (χ3n) is 5.53. The second kappa shape index (κ2) is 5.64. The number of piperidine rings is 1. The van der Waals surface area contributed by atoms with Gasteiger partial charge in [-0.3, -0.25) is 9.59 Å². The minimum atomic E-state index is -3.62. The van der Waals surface area contributed by atoms with E-state index in [-0.39, 0.29) is 23.8 Å². The monoisotopic (exact) mass is 360 g/mol. The van der Waals surface area contributed by atoms with Gasteiger partial charge in [0.05, 0.1) is 0 Å². The highest BCUT2D eigenvalue weighted by atomic mass is 19.3. The molecule has 0 aromatic rings. The molecule has 0 spiro atoms. The molecule has 2 aliphatic rings. The summed E-state index contributed by atoms with van der Waals surface area (Å²) in [5, 5.41) is 11.7. The van der Waals surface area contributed by atoms with Gasteiger partial charge in [-0.25, -0.2) is 4.79 Å². The third-order valence-corrected chi connectivity index (χ3v) is 5.53. The zero-order chi connectivity index (χ0) is 19.5. The van der Waals surface area contributed by atoms with Gasteiger partial charge < -0.3 is 15.3 Å². The summed E-state index contributed by atoms with van der Waals surface area (Å²) in [4.78, 5) is 37.6. The fraction of sp³-hybridized carbons (Fsp3) is 0.824. The van der Waals surface area contributed by atoms with Crippen molar-refractivity contribution in [2.75, 3.05) is 6.54 Å². The van der Waals surface area contributed by atoms with E-state index in [1.54, 1.807) is 20.8 Å². The van der Waals surface area contributed by atoms with Crippen LogP contribution in [0.25, 0.3) is 0 Å². The lowest BCUT2D eigenvalue weighted by Crippen LogP contribution is -2.59. The molecule has 2 rings (SSSR count). The quantitative estimate of drug-likeness (QED) is 0.800. The first kappa shape index (κ1) is 19.6. The van der Waals surface area contributed by atoms with Crippen molar-refractivity contribution < 1.29 is 28.3 Å². The molecule has 2 amide bonds. The van der Waals surface area contributed by atoms with Gasteiger partial charge in [0, 0.05) is 19.4 Å². The molecule has 6 nitrogen and oxygen atoms in total. The maximum atomic E-state index is 13.2. The lowest BCUT2D eigenvalue weighted by atomic mass is 9.85. The van der Waals surface area contributed by atoms with Crippen LogP contribution in [0.1, 0.15) is 41.5 Å². The molecule has 25 heavy (non-hydrogen) atoms.